The SMILES string of the molecule is Cc1oc(C)c2c(=O)cc(-c3ccc4c(c3)OCO4)cc(OC(=O)c3cccc([N+](=O)[O-])c3)c12. The van der Waals surface area contributed by atoms with E-state index in [0.29, 0.717) is 39.5 Å². The summed E-state index contributed by atoms with van der Waals surface area (Å²) in [5.41, 5.74) is 0.587. The number of benzene rings is 2. The number of fused-ring (bicyclic) bond motifs is 2. The molecule has 0 bridgehead atoms. The van der Waals surface area contributed by atoms with E-state index in [1.807, 2.05) is 0 Å². The van der Waals surface area contributed by atoms with E-state index in [4.69, 9.17) is 18.6 Å². The zero-order chi connectivity index (χ0) is 24.0. The molecule has 1 aliphatic rings. The Bertz CT molecular complexity index is 1550. The number of aryl methyl sites for hydroxylation is 2. The molecule has 0 N–H and O–H groups in total. The van der Waals surface area contributed by atoms with Crippen molar-refractivity contribution in [2.24, 2.45) is 0 Å². The Hall–Kier alpha value is -4.66. The fourth-order valence-corrected chi connectivity index (χ4v) is 3.97. The normalized spacial score (nSPS) is 12.1. The third kappa shape index (κ3) is 3.62. The number of carbonyl (C=O) groups is 1. The Balaban J connectivity index is 1.68. The van der Waals surface area contributed by atoms with Crippen LogP contribution in [0.1, 0.15) is 21.9 Å². The first-order valence-electron chi connectivity index (χ1n) is 10.3. The minimum Gasteiger partial charge on any atom is -0.465 e. The smallest absolute Gasteiger partial charge is 0.343 e. The molecule has 2 heterocycles. The van der Waals surface area contributed by atoms with Crippen molar-refractivity contribution in [2.45, 2.75) is 13.8 Å². The molecule has 3 aromatic carbocycles. The summed E-state index contributed by atoms with van der Waals surface area (Å²) in [5.74, 6) is 1.20. The fraction of sp³-hybridized carbons (Fsp3) is 0.120. The lowest BCUT2D eigenvalue weighted by Crippen LogP contribution is -2.09. The topological polar surface area (TPSA) is 118 Å². The minimum absolute atomic E-state index is 0.00120. The second-order valence-corrected chi connectivity index (χ2v) is 7.70. The number of rotatable bonds is 4. The minimum atomic E-state index is -0.807. The molecule has 0 fully saturated rings. The summed E-state index contributed by atoms with van der Waals surface area (Å²) in [4.78, 5) is 36.6. The zero-order valence-electron chi connectivity index (χ0n) is 18.1. The van der Waals surface area contributed by atoms with Crippen molar-refractivity contribution >= 4 is 22.4 Å². The quantitative estimate of drug-likeness (QED) is 0.239. The van der Waals surface area contributed by atoms with Crippen LogP contribution in [-0.2, 0) is 0 Å². The maximum Gasteiger partial charge on any atom is 0.343 e. The van der Waals surface area contributed by atoms with Crippen molar-refractivity contribution in [3.63, 3.8) is 0 Å². The predicted octanol–water partition coefficient (Wildman–Crippen LogP) is 4.93. The van der Waals surface area contributed by atoms with Crippen LogP contribution in [0.2, 0.25) is 0 Å². The highest BCUT2D eigenvalue weighted by molar-refractivity contribution is 5.98. The maximum absolute atomic E-state index is 13.1. The van der Waals surface area contributed by atoms with Crippen LogP contribution in [0.3, 0.4) is 0 Å². The molecule has 34 heavy (non-hydrogen) atoms. The molecule has 0 unspecified atom stereocenters. The monoisotopic (exact) mass is 459 g/mol. The average molecular weight is 459 g/mol. The van der Waals surface area contributed by atoms with Crippen molar-refractivity contribution in [3.8, 4) is 28.4 Å². The van der Waals surface area contributed by atoms with Crippen molar-refractivity contribution in [3.05, 3.63) is 92.0 Å². The van der Waals surface area contributed by atoms with Crippen LogP contribution in [0.5, 0.6) is 17.2 Å². The van der Waals surface area contributed by atoms with E-state index >= 15 is 0 Å². The molecule has 9 heteroatoms. The lowest BCUT2D eigenvalue weighted by Gasteiger charge is -2.06. The first-order chi connectivity index (χ1) is 16.3. The van der Waals surface area contributed by atoms with Crippen LogP contribution in [0.25, 0.3) is 21.9 Å². The van der Waals surface area contributed by atoms with E-state index in [0.717, 1.165) is 6.07 Å². The van der Waals surface area contributed by atoms with Crippen LogP contribution < -0.4 is 19.6 Å². The lowest BCUT2D eigenvalue weighted by molar-refractivity contribution is -0.384. The first kappa shape index (κ1) is 21.2. The van der Waals surface area contributed by atoms with E-state index in [-0.39, 0.29) is 34.6 Å². The van der Waals surface area contributed by atoms with Crippen LogP contribution >= 0.6 is 0 Å². The summed E-state index contributed by atoms with van der Waals surface area (Å²) in [6.07, 6.45) is 0. The molecule has 0 radical (unpaired) electrons. The van der Waals surface area contributed by atoms with Crippen molar-refractivity contribution < 1.29 is 28.3 Å². The van der Waals surface area contributed by atoms with Gasteiger partial charge in [0.05, 0.1) is 21.3 Å². The highest BCUT2D eigenvalue weighted by Crippen LogP contribution is 2.38. The highest BCUT2D eigenvalue weighted by Gasteiger charge is 2.21. The Labute approximate surface area is 192 Å². The largest absolute Gasteiger partial charge is 0.465 e. The molecule has 9 nitrogen and oxygen atoms in total. The Morgan fingerprint density at radius 1 is 0.941 bits per heavy atom. The van der Waals surface area contributed by atoms with E-state index < -0.39 is 10.9 Å². The Morgan fingerprint density at radius 2 is 1.71 bits per heavy atom. The van der Waals surface area contributed by atoms with Gasteiger partial charge in [-0.3, -0.25) is 14.9 Å². The summed E-state index contributed by atoms with van der Waals surface area (Å²) in [7, 11) is 0. The van der Waals surface area contributed by atoms with E-state index in [1.54, 1.807) is 38.1 Å². The van der Waals surface area contributed by atoms with Gasteiger partial charge in [0, 0.05) is 12.1 Å². The standard InChI is InChI=1S/C25H17NO8/c1-13-23-19(27)9-17(15-6-7-20-21(10-15)32-12-31-20)11-22(24(23)14(2)33-13)34-25(28)16-4-3-5-18(8-16)26(29)30/h3-11H,12H2,1-2H3. The van der Waals surface area contributed by atoms with Gasteiger partial charge in [-0.15, -0.1) is 0 Å². The number of nitrogens with zero attached hydrogens (tertiary/aromatic N) is 1. The van der Waals surface area contributed by atoms with Gasteiger partial charge in [-0.25, -0.2) is 4.79 Å². The number of carbonyl (C=O) groups excluding carboxylic acids is 1. The molecule has 0 saturated heterocycles. The highest BCUT2D eigenvalue weighted by atomic mass is 16.7. The third-order valence-electron chi connectivity index (χ3n) is 5.53. The van der Waals surface area contributed by atoms with Gasteiger partial charge in [0.1, 0.15) is 17.3 Å². The molecule has 1 aliphatic heterocycles. The second kappa shape index (κ2) is 8.04. The molecular weight excluding hydrogens is 442 g/mol. The molecule has 1 aromatic heterocycles. The van der Waals surface area contributed by atoms with E-state index in [9.17, 15) is 19.7 Å². The molecule has 0 amide bonds. The van der Waals surface area contributed by atoms with E-state index in [2.05, 4.69) is 0 Å². The van der Waals surface area contributed by atoms with Crippen LogP contribution in [0.15, 0.2) is 63.8 Å². The van der Waals surface area contributed by atoms with Gasteiger partial charge in [0.25, 0.3) is 5.69 Å². The van der Waals surface area contributed by atoms with E-state index in [1.165, 1.54) is 24.3 Å². The zero-order valence-corrected chi connectivity index (χ0v) is 18.1. The van der Waals surface area contributed by atoms with Gasteiger partial charge in [-0.2, -0.15) is 0 Å². The number of hydrogen-bond donors (Lipinski definition) is 0. The summed E-state index contributed by atoms with van der Waals surface area (Å²) >= 11 is 0. The van der Waals surface area contributed by atoms with Crippen molar-refractivity contribution in [2.75, 3.05) is 6.79 Å². The van der Waals surface area contributed by atoms with Crippen LogP contribution in [0.4, 0.5) is 5.69 Å². The maximum atomic E-state index is 13.1. The summed E-state index contributed by atoms with van der Waals surface area (Å²) in [6, 6.07) is 13.5. The number of nitro groups is 1. The second-order valence-electron chi connectivity index (χ2n) is 7.70. The number of esters is 1. The predicted molar refractivity (Wildman–Crippen MR) is 122 cm³/mol. The molecule has 0 atom stereocenters. The molecule has 0 aliphatic carbocycles. The Kier molecular flexibility index (Phi) is 5.01. The summed E-state index contributed by atoms with van der Waals surface area (Å²) < 4.78 is 22.1. The molecule has 5 rings (SSSR count). The number of furan rings is 1. The number of ether oxygens (including phenoxy) is 3. The van der Waals surface area contributed by atoms with Gasteiger partial charge in [-0.05, 0) is 55.3 Å². The lowest BCUT2D eigenvalue weighted by atomic mass is 10.1. The molecular formula is C25H17NO8. The van der Waals surface area contributed by atoms with Crippen molar-refractivity contribution in [1.29, 1.82) is 0 Å². The van der Waals surface area contributed by atoms with Gasteiger partial charge in [0.15, 0.2) is 16.9 Å². The van der Waals surface area contributed by atoms with Gasteiger partial charge < -0.3 is 18.6 Å². The molecule has 0 saturated carbocycles. The average Bonchev–Trinajstić information content (AvgIpc) is 3.36. The van der Waals surface area contributed by atoms with Gasteiger partial charge >= 0.3 is 5.97 Å². The van der Waals surface area contributed by atoms with Gasteiger partial charge in [-0.1, -0.05) is 12.1 Å². The molecule has 170 valence electrons. The molecule has 4 aromatic rings. The first-order valence-corrected chi connectivity index (χ1v) is 10.3. The van der Waals surface area contributed by atoms with Crippen molar-refractivity contribution in [1.82, 2.24) is 0 Å². The number of hydrogen-bond acceptors (Lipinski definition) is 8. The third-order valence-corrected chi connectivity index (χ3v) is 5.53. The fourth-order valence-electron chi connectivity index (χ4n) is 3.97. The summed E-state index contributed by atoms with van der Waals surface area (Å²) in [6.45, 7) is 3.43. The number of nitro benzene ring substituents is 1. The molecule has 0 spiro atoms. The van der Waals surface area contributed by atoms with Gasteiger partial charge in [0.2, 0.25) is 6.79 Å². The summed E-state index contributed by atoms with van der Waals surface area (Å²) in [5, 5.41) is 11.7. The Morgan fingerprint density at radius 3 is 2.50 bits per heavy atom. The van der Waals surface area contributed by atoms with Crippen LogP contribution in [0, 0.1) is 24.0 Å². The number of non-ortho nitro benzene ring substituents is 1. The van der Waals surface area contributed by atoms with Crippen LogP contribution in [-0.4, -0.2) is 17.7 Å².